The largest absolute Gasteiger partial charge is 0.469 e. The van der Waals surface area contributed by atoms with Gasteiger partial charge in [0, 0.05) is 18.0 Å². The molecule has 0 aliphatic heterocycles. The molecule has 18 heavy (non-hydrogen) atoms. The van der Waals surface area contributed by atoms with Gasteiger partial charge in [-0.2, -0.15) is 4.80 Å². The Bertz CT molecular complexity index is 490. The molecule has 0 aliphatic carbocycles. The van der Waals surface area contributed by atoms with E-state index in [9.17, 15) is 0 Å². The number of tetrazole rings is 1. The second-order valence-corrected chi connectivity index (χ2v) is 4.40. The van der Waals surface area contributed by atoms with Crippen LogP contribution in [0.2, 0.25) is 0 Å². The third-order valence-electron chi connectivity index (χ3n) is 2.73. The van der Waals surface area contributed by atoms with E-state index in [2.05, 4.69) is 27.7 Å². The van der Waals surface area contributed by atoms with Crippen molar-refractivity contribution in [2.24, 2.45) is 7.05 Å². The lowest BCUT2D eigenvalue weighted by Gasteiger charge is -2.14. The summed E-state index contributed by atoms with van der Waals surface area (Å²) in [6.07, 6.45) is 3.59. The zero-order valence-electron chi connectivity index (χ0n) is 11.1. The first kappa shape index (κ1) is 12.8. The molecular weight excluding hydrogens is 230 g/mol. The smallest absolute Gasteiger partial charge is 0.176 e. The monoisotopic (exact) mass is 249 g/mol. The molecule has 0 radical (unpaired) electrons. The lowest BCUT2D eigenvalue weighted by molar-refractivity contribution is 0.497. The maximum absolute atomic E-state index is 5.37. The van der Waals surface area contributed by atoms with Gasteiger partial charge in [0.15, 0.2) is 5.82 Å². The molecule has 2 aromatic heterocycles. The van der Waals surface area contributed by atoms with Crippen LogP contribution >= 0.6 is 0 Å². The molecule has 1 N–H and O–H groups in total. The molecule has 0 saturated carbocycles. The van der Waals surface area contributed by atoms with Gasteiger partial charge < -0.3 is 9.73 Å². The minimum absolute atomic E-state index is 0.173. The Morgan fingerprint density at radius 2 is 2.33 bits per heavy atom. The van der Waals surface area contributed by atoms with Crippen LogP contribution in [0.5, 0.6) is 0 Å². The number of rotatable bonds is 6. The molecule has 0 spiro atoms. The average molecular weight is 249 g/mol. The Morgan fingerprint density at radius 3 is 2.89 bits per heavy atom. The highest BCUT2D eigenvalue weighted by atomic mass is 16.3. The second-order valence-electron chi connectivity index (χ2n) is 4.40. The molecule has 1 unspecified atom stereocenters. The minimum atomic E-state index is 0.173. The van der Waals surface area contributed by atoms with Crippen LogP contribution < -0.4 is 5.32 Å². The Kier molecular flexibility index (Phi) is 4.09. The van der Waals surface area contributed by atoms with E-state index in [0.29, 0.717) is 6.42 Å². The van der Waals surface area contributed by atoms with E-state index >= 15 is 0 Å². The zero-order valence-corrected chi connectivity index (χ0v) is 11.1. The predicted octanol–water partition coefficient (Wildman–Crippen LogP) is 1.39. The molecule has 98 valence electrons. The Labute approximate surface area is 106 Å². The summed E-state index contributed by atoms with van der Waals surface area (Å²) in [7, 11) is 1.77. The quantitative estimate of drug-likeness (QED) is 0.838. The van der Waals surface area contributed by atoms with Crippen LogP contribution in [0.15, 0.2) is 16.7 Å². The predicted molar refractivity (Wildman–Crippen MR) is 67.0 cm³/mol. The van der Waals surface area contributed by atoms with Gasteiger partial charge in [-0.1, -0.05) is 6.92 Å². The fraction of sp³-hybridized carbons (Fsp3) is 0.583. The van der Waals surface area contributed by atoms with Crippen LogP contribution in [0.25, 0.3) is 0 Å². The topological polar surface area (TPSA) is 68.8 Å². The molecule has 2 rings (SSSR count). The van der Waals surface area contributed by atoms with Gasteiger partial charge in [0.1, 0.15) is 5.76 Å². The Hall–Kier alpha value is -1.69. The number of aromatic nitrogens is 4. The second kappa shape index (κ2) is 5.77. The Balaban J connectivity index is 2.09. The van der Waals surface area contributed by atoms with Gasteiger partial charge in [-0.25, -0.2) is 0 Å². The lowest BCUT2D eigenvalue weighted by atomic mass is 10.1. The molecule has 0 saturated heterocycles. The third kappa shape index (κ3) is 3.16. The van der Waals surface area contributed by atoms with Crippen LogP contribution in [-0.4, -0.2) is 26.8 Å². The summed E-state index contributed by atoms with van der Waals surface area (Å²) in [6.45, 7) is 5.04. The first-order chi connectivity index (χ1) is 8.69. The van der Waals surface area contributed by atoms with E-state index in [1.54, 1.807) is 13.3 Å². The maximum Gasteiger partial charge on any atom is 0.176 e. The standard InChI is InChI=1S/C12H19N5O/c1-4-5-13-11(10-6-9(2)18-8-10)7-12-14-16-17(3)15-12/h6,8,11,13H,4-5,7H2,1-3H3. The zero-order chi connectivity index (χ0) is 13.0. The van der Waals surface area contributed by atoms with Gasteiger partial charge in [-0.15, -0.1) is 10.2 Å². The number of nitrogens with one attached hydrogen (secondary N) is 1. The number of nitrogens with zero attached hydrogens (tertiary/aromatic N) is 4. The number of hydrogen-bond donors (Lipinski definition) is 1. The summed E-state index contributed by atoms with van der Waals surface area (Å²) in [5.74, 6) is 1.66. The summed E-state index contributed by atoms with van der Waals surface area (Å²) in [5, 5.41) is 15.6. The minimum Gasteiger partial charge on any atom is -0.469 e. The summed E-state index contributed by atoms with van der Waals surface area (Å²) in [6, 6.07) is 2.22. The fourth-order valence-electron chi connectivity index (χ4n) is 1.86. The third-order valence-corrected chi connectivity index (χ3v) is 2.73. The van der Waals surface area contributed by atoms with Crippen molar-refractivity contribution in [3.05, 3.63) is 29.5 Å². The van der Waals surface area contributed by atoms with Crippen molar-refractivity contribution in [1.82, 2.24) is 25.5 Å². The van der Waals surface area contributed by atoms with Crippen molar-refractivity contribution in [2.45, 2.75) is 32.7 Å². The van der Waals surface area contributed by atoms with Gasteiger partial charge in [-0.3, -0.25) is 0 Å². The number of furan rings is 1. The van der Waals surface area contributed by atoms with E-state index in [1.165, 1.54) is 4.80 Å². The van der Waals surface area contributed by atoms with Crippen LogP contribution in [0.1, 0.15) is 36.5 Å². The molecule has 2 heterocycles. The number of hydrogen-bond acceptors (Lipinski definition) is 5. The molecule has 0 fully saturated rings. The maximum atomic E-state index is 5.37. The first-order valence-corrected chi connectivity index (χ1v) is 6.20. The molecule has 6 nitrogen and oxygen atoms in total. The van der Waals surface area contributed by atoms with E-state index < -0.39 is 0 Å². The molecule has 2 aromatic rings. The van der Waals surface area contributed by atoms with Crippen molar-refractivity contribution in [2.75, 3.05) is 6.54 Å². The lowest BCUT2D eigenvalue weighted by Crippen LogP contribution is -2.24. The van der Waals surface area contributed by atoms with E-state index in [4.69, 9.17) is 4.42 Å². The highest BCUT2D eigenvalue weighted by Crippen LogP contribution is 2.19. The first-order valence-electron chi connectivity index (χ1n) is 6.20. The molecule has 0 aromatic carbocycles. The number of aryl methyl sites for hydroxylation is 2. The molecule has 0 aliphatic rings. The summed E-state index contributed by atoms with van der Waals surface area (Å²) in [4.78, 5) is 1.48. The van der Waals surface area contributed by atoms with Crippen molar-refractivity contribution < 1.29 is 4.42 Å². The van der Waals surface area contributed by atoms with Crippen LogP contribution in [0.4, 0.5) is 0 Å². The highest BCUT2D eigenvalue weighted by molar-refractivity contribution is 5.17. The van der Waals surface area contributed by atoms with E-state index in [1.807, 2.05) is 13.0 Å². The van der Waals surface area contributed by atoms with Crippen LogP contribution in [-0.2, 0) is 13.5 Å². The summed E-state index contributed by atoms with van der Waals surface area (Å²) in [5.41, 5.74) is 1.13. The summed E-state index contributed by atoms with van der Waals surface area (Å²) >= 11 is 0. The summed E-state index contributed by atoms with van der Waals surface area (Å²) < 4.78 is 5.37. The Morgan fingerprint density at radius 1 is 1.50 bits per heavy atom. The average Bonchev–Trinajstić information content (AvgIpc) is 2.93. The van der Waals surface area contributed by atoms with E-state index in [0.717, 1.165) is 30.1 Å². The molecule has 0 amide bonds. The van der Waals surface area contributed by atoms with Crippen LogP contribution in [0.3, 0.4) is 0 Å². The van der Waals surface area contributed by atoms with Gasteiger partial charge in [0.25, 0.3) is 0 Å². The van der Waals surface area contributed by atoms with Crippen molar-refractivity contribution in [3.8, 4) is 0 Å². The van der Waals surface area contributed by atoms with Gasteiger partial charge >= 0.3 is 0 Å². The van der Waals surface area contributed by atoms with Crippen molar-refractivity contribution >= 4 is 0 Å². The molecule has 0 bridgehead atoms. The fourth-order valence-corrected chi connectivity index (χ4v) is 1.86. The molecule has 1 atom stereocenters. The van der Waals surface area contributed by atoms with Crippen molar-refractivity contribution in [3.63, 3.8) is 0 Å². The van der Waals surface area contributed by atoms with E-state index in [-0.39, 0.29) is 6.04 Å². The molecule has 6 heteroatoms. The van der Waals surface area contributed by atoms with Crippen molar-refractivity contribution in [1.29, 1.82) is 0 Å². The highest BCUT2D eigenvalue weighted by Gasteiger charge is 2.16. The van der Waals surface area contributed by atoms with Gasteiger partial charge in [0.05, 0.1) is 13.3 Å². The normalized spacial score (nSPS) is 12.8. The molecular formula is C12H19N5O. The van der Waals surface area contributed by atoms with Gasteiger partial charge in [-0.05, 0) is 31.2 Å². The SMILES string of the molecule is CCCNC(Cc1nnn(C)n1)c1coc(C)c1. The van der Waals surface area contributed by atoms with Gasteiger partial charge in [0.2, 0.25) is 0 Å². The van der Waals surface area contributed by atoms with Crippen LogP contribution in [0, 0.1) is 6.92 Å².